The maximum atomic E-state index is 10.3. The second-order valence-electron chi connectivity index (χ2n) is 6.36. The minimum atomic E-state index is -0.380. The summed E-state index contributed by atoms with van der Waals surface area (Å²) in [4.78, 5) is 13.6. The van der Waals surface area contributed by atoms with Crippen LogP contribution in [-0.4, -0.2) is 25.2 Å². The molecule has 4 rings (SSSR count). The fraction of sp³-hybridized carbons (Fsp3) is 0.0909. The Morgan fingerprint density at radius 2 is 1.68 bits per heavy atom. The minimum absolute atomic E-state index is 0.0636. The van der Waals surface area contributed by atoms with E-state index in [9.17, 15) is 10.2 Å². The summed E-state index contributed by atoms with van der Waals surface area (Å²) in [6.45, 7) is 0. The number of hydrogen-bond donors (Lipinski definition) is 2. The third-order valence-electron chi connectivity index (χ3n) is 4.51. The Bertz CT molecular complexity index is 1130. The van der Waals surface area contributed by atoms with Crippen LogP contribution in [-0.2, 0) is 0 Å². The molecule has 2 N–H and O–H groups in total. The van der Waals surface area contributed by atoms with Gasteiger partial charge in [0.2, 0.25) is 0 Å². The van der Waals surface area contributed by atoms with Crippen molar-refractivity contribution in [2.24, 2.45) is 0 Å². The van der Waals surface area contributed by atoms with Gasteiger partial charge in [-0.25, -0.2) is 15.0 Å². The maximum absolute atomic E-state index is 10.3. The summed E-state index contributed by atoms with van der Waals surface area (Å²) in [7, 11) is 0. The van der Waals surface area contributed by atoms with E-state index in [0.29, 0.717) is 40.6 Å². The number of allylic oxidation sites excluding steroid dienone is 4. The van der Waals surface area contributed by atoms with Crippen LogP contribution in [0.2, 0.25) is 0 Å². The first-order valence-corrected chi connectivity index (χ1v) is 8.76. The molecular weight excluding hydrogens is 352 g/mol. The summed E-state index contributed by atoms with van der Waals surface area (Å²) in [5.41, 5.74) is 1.74. The zero-order chi connectivity index (χ0) is 19.5. The van der Waals surface area contributed by atoms with E-state index in [4.69, 9.17) is 5.26 Å². The highest BCUT2D eigenvalue weighted by molar-refractivity contribution is 5.66. The molecule has 1 heterocycles. The van der Waals surface area contributed by atoms with Gasteiger partial charge in [-0.1, -0.05) is 24.3 Å². The van der Waals surface area contributed by atoms with Crippen molar-refractivity contribution < 1.29 is 10.2 Å². The van der Waals surface area contributed by atoms with Crippen LogP contribution in [0.1, 0.15) is 23.7 Å². The second kappa shape index (κ2) is 7.33. The molecule has 1 aromatic heterocycles. The first-order valence-electron chi connectivity index (χ1n) is 8.76. The van der Waals surface area contributed by atoms with Crippen LogP contribution in [0.5, 0.6) is 5.75 Å². The lowest BCUT2D eigenvalue weighted by Crippen LogP contribution is -2.11. The normalized spacial score (nSPS) is 15.7. The third-order valence-corrected chi connectivity index (χ3v) is 4.51. The lowest BCUT2D eigenvalue weighted by molar-refractivity contribution is 0.360. The molecule has 0 amide bonds. The fourth-order valence-corrected chi connectivity index (χ4v) is 3.01. The summed E-state index contributed by atoms with van der Waals surface area (Å²) in [5, 5.41) is 29.5. The van der Waals surface area contributed by atoms with Gasteiger partial charge in [0, 0.05) is 5.56 Å². The van der Waals surface area contributed by atoms with E-state index >= 15 is 0 Å². The van der Waals surface area contributed by atoms with Crippen molar-refractivity contribution in [3.63, 3.8) is 0 Å². The second-order valence-corrected chi connectivity index (χ2v) is 6.36. The largest absolute Gasteiger partial charge is 0.512 e. The Morgan fingerprint density at radius 1 is 0.929 bits per heavy atom. The number of rotatable bonds is 3. The number of phenolic OH excluding ortho intramolecular Hbond substituents is 1. The van der Waals surface area contributed by atoms with Crippen LogP contribution in [0, 0.1) is 11.3 Å². The molecule has 0 fully saturated rings. The Kier molecular flexibility index (Phi) is 4.56. The minimum Gasteiger partial charge on any atom is -0.512 e. The molecular formula is C22H16N4O2. The van der Waals surface area contributed by atoms with E-state index in [1.54, 1.807) is 60.7 Å². The molecule has 6 nitrogen and oxygen atoms in total. The van der Waals surface area contributed by atoms with Gasteiger partial charge in [0.15, 0.2) is 11.6 Å². The smallest absolute Gasteiger partial charge is 0.167 e. The van der Waals surface area contributed by atoms with E-state index < -0.39 is 0 Å². The molecule has 1 aliphatic carbocycles. The molecule has 3 aromatic rings. The Balaban J connectivity index is 1.88. The molecule has 6 heteroatoms. The standard InChI is InChI=1S/C22H16N4O2/c23-13-14-9-11-15(12-10-14)20-24-21(16-5-1-3-7-18(16)27)26-22(25-20)17-6-2-4-8-19(17)28/h1-5,7-12,17,27-28H,6H2. The lowest BCUT2D eigenvalue weighted by atomic mass is 9.97. The Labute approximate surface area is 161 Å². The van der Waals surface area contributed by atoms with E-state index in [0.717, 1.165) is 0 Å². The lowest BCUT2D eigenvalue weighted by Gasteiger charge is -2.17. The average molecular weight is 368 g/mol. The Hall–Kier alpha value is -3.98. The highest BCUT2D eigenvalue weighted by Gasteiger charge is 2.23. The summed E-state index contributed by atoms with van der Waals surface area (Å²) in [6.07, 6.45) is 5.92. The SMILES string of the molecule is N#Cc1ccc(-c2nc(-c3ccccc3O)nc(C3CC=CC=C3O)n2)cc1. The molecule has 0 saturated carbocycles. The Morgan fingerprint density at radius 3 is 2.39 bits per heavy atom. The van der Waals surface area contributed by atoms with Gasteiger partial charge in [-0.05, 0) is 48.9 Å². The van der Waals surface area contributed by atoms with Gasteiger partial charge in [-0.2, -0.15) is 5.26 Å². The predicted octanol–water partition coefficient (Wildman–Crippen LogP) is 4.27. The van der Waals surface area contributed by atoms with Crippen molar-refractivity contribution in [2.45, 2.75) is 12.3 Å². The van der Waals surface area contributed by atoms with Crippen LogP contribution >= 0.6 is 0 Å². The van der Waals surface area contributed by atoms with E-state index in [1.165, 1.54) is 0 Å². The first-order chi connectivity index (χ1) is 13.7. The molecule has 2 aromatic carbocycles. The number of para-hydroxylation sites is 1. The number of nitrogens with zero attached hydrogens (tertiary/aromatic N) is 4. The first kappa shape index (κ1) is 17.4. The monoisotopic (exact) mass is 368 g/mol. The fourth-order valence-electron chi connectivity index (χ4n) is 3.01. The van der Waals surface area contributed by atoms with Crippen molar-refractivity contribution in [3.05, 3.63) is 83.9 Å². The van der Waals surface area contributed by atoms with Crippen molar-refractivity contribution in [1.82, 2.24) is 15.0 Å². The summed E-state index contributed by atoms with van der Waals surface area (Å²) in [5.74, 6) is 1.02. The number of aromatic nitrogens is 3. The van der Waals surface area contributed by atoms with Gasteiger partial charge in [-0.3, -0.25) is 0 Å². The van der Waals surface area contributed by atoms with Crippen LogP contribution < -0.4 is 0 Å². The number of aliphatic hydroxyl groups excluding tert-OH is 1. The number of phenols is 1. The predicted molar refractivity (Wildman–Crippen MR) is 104 cm³/mol. The number of nitriles is 1. The molecule has 1 atom stereocenters. The van der Waals surface area contributed by atoms with Crippen LogP contribution in [0.4, 0.5) is 0 Å². The molecule has 28 heavy (non-hydrogen) atoms. The van der Waals surface area contributed by atoms with Gasteiger partial charge in [-0.15, -0.1) is 0 Å². The zero-order valence-electron chi connectivity index (χ0n) is 14.8. The summed E-state index contributed by atoms with van der Waals surface area (Å²) < 4.78 is 0. The van der Waals surface area contributed by atoms with Crippen LogP contribution in [0.25, 0.3) is 22.8 Å². The summed E-state index contributed by atoms with van der Waals surface area (Å²) >= 11 is 0. The molecule has 0 bridgehead atoms. The molecule has 0 radical (unpaired) electrons. The number of aliphatic hydroxyl groups is 1. The molecule has 0 spiro atoms. The molecule has 0 saturated heterocycles. The van der Waals surface area contributed by atoms with E-state index in [2.05, 4.69) is 21.0 Å². The van der Waals surface area contributed by atoms with Gasteiger partial charge in [0.25, 0.3) is 0 Å². The quantitative estimate of drug-likeness (QED) is 0.716. The topological polar surface area (TPSA) is 103 Å². The molecule has 136 valence electrons. The third kappa shape index (κ3) is 3.33. The molecule has 1 unspecified atom stereocenters. The van der Waals surface area contributed by atoms with Gasteiger partial charge in [0.05, 0.1) is 23.1 Å². The van der Waals surface area contributed by atoms with E-state index in [1.807, 2.05) is 6.08 Å². The van der Waals surface area contributed by atoms with Gasteiger partial charge >= 0.3 is 0 Å². The van der Waals surface area contributed by atoms with Crippen molar-refractivity contribution in [3.8, 4) is 34.6 Å². The molecule has 0 aliphatic heterocycles. The van der Waals surface area contributed by atoms with Crippen LogP contribution in [0.3, 0.4) is 0 Å². The highest BCUT2D eigenvalue weighted by Crippen LogP contribution is 2.32. The zero-order valence-corrected chi connectivity index (χ0v) is 14.8. The number of hydrogen-bond acceptors (Lipinski definition) is 6. The van der Waals surface area contributed by atoms with Gasteiger partial charge in [0.1, 0.15) is 17.3 Å². The van der Waals surface area contributed by atoms with Gasteiger partial charge < -0.3 is 10.2 Å². The van der Waals surface area contributed by atoms with Crippen molar-refractivity contribution in [2.75, 3.05) is 0 Å². The summed E-state index contributed by atoms with van der Waals surface area (Å²) in [6, 6.07) is 15.8. The van der Waals surface area contributed by atoms with Crippen molar-refractivity contribution >= 4 is 0 Å². The number of benzene rings is 2. The van der Waals surface area contributed by atoms with E-state index in [-0.39, 0.29) is 17.4 Å². The highest BCUT2D eigenvalue weighted by atomic mass is 16.3. The average Bonchev–Trinajstić information content (AvgIpc) is 2.74. The van der Waals surface area contributed by atoms with Crippen LogP contribution in [0.15, 0.2) is 72.5 Å². The van der Waals surface area contributed by atoms with Crippen molar-refractivity contribution in [1.29, 1.82) is 5.26 Å². The number of aromatic hydroxyl groups is 1. The maximum Gasteiger partial charge on any atom is 0.167 e. The molecule has 1 aliphatic rings.